The van der Waals surface area contributed by atoms with Crippen molar-refractivity contribution < 1.29 is 23.7 Å². The summed E-state index contributed by atoms with van der Waals surface area (Å²) in [6, 6.07) is 34.6. The lowest BCUT2D eigenvalue weighted by atomic mass is 9.81. The zero-order valence-corrected chi connectivity index (χ0v) is 33.8. The molecule has 4 aromatic carbocycles. The second-order valence-electron chi connectivity index (χ2n) is 16.3. The summed E-state index contributed by atoms with van der Waals surface area (Å²) in [5, 5.41) is 0. The Morgan fingerprint density at radius 3 is 1.91 bits per heavy atom. The van der Waals surface area contributed by atoms with Crippen LogP contribution in [0, 0.1) is 5.41 Å². The number of ether oxygens (including phenoxy) is 4. The van der Waals surface area contributed by atoms with Gasteiger partial charge in [-0.15, -0.1) is 0 Å². The second-order valence-corrected chi connectivity index (χ2v) is 16.3. The van der Waals surface area contributed by atoms with E-state index >= 15 is 4.79 Å². The fourth-order valence-electron chi connectivity index (χ4n) is 7.61. The van der Waals surface area contributed by atoms with Crippen molar-refractivity contribution in [1.82, 2.24) is 19.0 Å². The number of para-hydroxylation sites is 1. The lowest BCUT2D eigenvalue weighted by Crippen LogP contribution is -2.50. The summed E-state index contributed by atoms with van der Waals surface area (Å²) in [6.07, 6.45) is 2.05. The second kappa shape index (κ2) is 16.1. The third-order valence-corrected chi connectivity index (χ3v) is 10.1. The number of imidazole rings is 1. The summed E-state index contributed by atoms with van der Waals surface area (Å²) in [4.78, 5) is 37.7. The third-order valence-electron chi connectivity index (χ3n) is 10.1. The molecule has 296 valence electrons. The van der Waals surface area contributed by atoms with Crippen molar-refractivity contribution in [3.05, 3.63) is 137 Å². The summed E-state index contributed by atoms with van der Waals surface area (Å²) in [5.74, 6) is 3.53. The van der Waals surface area contributed by atoms with Crippen LogP contribution in [0.3, 0.4) is 0 Å². The van der Waals surface area contributed by atoms with Gasteiger partial charge in [0.05, 0.1) is 31.5 Å². The van der Waals surface area contributed by atoms with E-state index in [1.165, 1.54) is 0 Å². The Labute approximate surface area is 334 Å². The van der Waals surface area contributed by atoms with Crippen LogP contribution in [0.4, 0.5) is 10.6 Å². The predicted molar refractivity (Wildman–Crippen MR) is 223 cm³/mol. The number of anilines is 1. The van der Waals surface area contributed by atoms with Gasteiger partial charge < -0.3 is 28.7 Å². The van der Waals surface area contributed by atoms with Crippen LogP contribution in [-0.4, -0.2) is 58.0 Å². The minimum atomic E-state index is -0.658. The van der Waals surface area contributed by atoms with E-state index in [4.69, 9.17) is 23.9 Å². The van der Waals surface area contributed by atoms with Crippen LogP contribution in [0.1, 0.15) is 58.2 Å². The van der Waals surface area contributed by atoms with Crippen molar-refractivity contribution in [1.29, 1.82) is 0 Å². The van der Waals surface area contributed by atoms with E-state index < -0.39 is 11.7 Å². The first-order chi connectivity index (χ1) is 27.3. The fraction of sp³-hybridized carbons (Fsp3) is 0.326. The Kier molecular flexibility index (Phi) is 11.0. The SMILES string of the molecule is COc1ccc(CN(Cc2ccc(OC)cc2)c2nccc3c2n(-c2ccc(Oc4ccccc4)cc2)c(=O)n3C2CN(C(=O)OC(C)(C)C)CC(C)(C)C2)cc1. The topological polar surface area (TPSA) is 100 Å². The number of hydrogen-bond donors (Lipinski definition) is 0. The molecule has 6 aromatic rings. The Morgan fingerprint density at radius 1 is 0.789 bits per heavy atom. The molecule has 1 fully saturated rings. The molecule has 1 atom stereocenters. The average molecular weight is 770 g/mol. The number of pyridine rings is 1. The Balaban J connectivity index is 1.39. The van der Waals surface area contributed by atoms with Gasteiger partial charge in [0.1, 0.15) is 34.1 Å². The molecule has 1 amide bonds. The van der Waals surface area contributed by atoms with E-state index in [0.29, 0.717) is 61.1 Å². The van der Waals surface area contributed by atoms with Gasteiger partial charge >= 0.3 is 11.8 Å². The molecule has 7 rings (SSSR count). The maximum absolute atomic E-state index is 15.2. The number of piperidine rings is 1. The average Bonchev–Trinajstić information content (AvgIpc) is 3.49. The number of fused-ring (bicyclic) bond motifs is 1. The number of amides is 1. The molecule has 1 aliphatic rings. The molecular formula is C46H51N5O6. The molecule has 0 N–H and O–H groups in total. The molecular weight excluding hydrogens is 719 g/mol. The Morgan fingerprint density at radius 2 is 1.35 bits per heavy atom. The molecule has 1 unspecified atom stereocenters. The van der Waals surface area contributed by atoms with E-state index in [1.54, 1.807) is 29.9 Å². The number of aromatic nitrogens is 3. The first kappa shape index (κ1) is 39.0. The van der Waals surface area contributed by atoms with Crippen LogP contribution < -0.4 is 24.8 Å². The van der Waals surface area contributed by atoms with Gasteiger partial charge in [0.15, 0.2) is 5.82 Å². The summed E-state index contributed by atoms with van der Waals surface area (Å²) in [6.45, 7) is 11.7. The molecule has 0 bridgehead atoms. The first-order valence-electron chi connectivity index (χ1n) is 19.2. The number of methoxy groups -OCH3 is 2. The molecule has 1 aliphatic heterocycles. The van der Waals surface area contributed by atoms with E-state index in [9.17, 15) is 4.79 Å². The monoisotopic (exact) mass is 769 g/mol. The predicted octanol–water partition coefficient (Wildman–Crippen LogP) is 9.41. The minimum Gasteiger partial charge on any atom is -0.497 e. The third kappa shape index (κ3) is 8.93. The number of rotatable bonds is 11. The molecule has 0 spiro atoms. The van der Waals surface area contributed by atoms with Crippen LogP contribution in [0.15, 0.2) is 120 Å². The van der Waals surface area contributed by atoms with Crippen LogP contribution in [0.5, 0.6) is 23.0 Å². The molecule has 0 radical (unpaired) electrons. The molecule has 11 nitrogen and oxygen atoms in total. The highest BCUT2D eigenvalue weighted by Gasteiger charge is 2.39. The maximum atomic E-state index is 15.2. The number of likely N-dealkylation sites (tertiary alicyclic amines) is 1. The number of benzene rings is 4. The lowest BCUT2D eigenvalue weighted by Gasteiger charge is -2.43. The van der Waals surface area contributed by atoms with Crippen molar-refractivity contribution in [3.8, 4) is 28.7 Å². The van der Waals surface area contributed by atoms with Crippen molar-refractivity contribution in [2.45, 2.75) is 65.8 Å². The Bertz CT molecular complexity index is 2310. The molecule has 57 heavy (non-hydrogen) atoms. The van der Waals surface area contributed by atoms with E-state index in [0.717, 1.165) is 28.1 Å². The lowest BCUT2D eigenvalue weighted by molar-refractivity contribution is 0.000404. The number of carbonyl (C=O) groups excluding carboxylic acids is 1. The van der Waals surface area contributed by atoms with Gasteiger partial charge in [0.25, 0.3) is 0 Å². The molecule has 0 saturated carbocycles. The smallest absolute Gasteiger partial charge is 0.410 e. The summed E-state index contributed by atoms with van der Waals surface area (Å²) in [5.41, 5.74) is 2.94. The minimum absolute atomic E-state index is 0.225. The molecule has 1 saturated heterocycles. The van der Waals surface area contributed by atoms with Gasteiger partial charge in [0, 0.05) is 32.4 Å². The summed E-state index contributed by atoms with van der Waals surface area (Å²) in [7, 11) is 3.31. The summed E-state index contributed by atoms with van der Waals surface area (Å²) >= 11 is 0. The quantitative estimate of drug-likeness (QED) is 0.129. The van der Waals surface area contributed by atoms with Crippen molar-refractivity contribution in [3.63, 3.8) is 0 Å². The number of carbonyl (C=O) groups is 1. The largest absolute Gasteiger partial charge is 0.497 e. The highest BCUT2D eigenvalue weighted by atomic mass is 16.6. The van der Waals surface area contributed by atoms with E-state index in [2.05, 4.69) is 18.7 Å². The molecule has 3 heterocycles. The number of hydrogen-bond acceptors (Lipinski definition) is 8. The van der Waals surface area contributed by atoms with Gasteiger partial charge in [-0.25, -0.2) is 14.6 Å². The molecule has 0 aliphatic carbocycles. The van der Waals surface area contributed by atoms with Crippen molar-refractivity contribution in [2.24, 2.45) is 5.41 Å². The first-order valence-corrected chi connectivity index (χ1v) is 19.2. The number of nitrogens with zero attached hydrogens (tertiary/aromatic N) is 5. The zero-order valence-electron chi connectivity index (χ0n) is 33.8. The van der Waals surface area contributed by atoms with Crippen molar-refractivity contribution >= 4 is 22.9 Å². The van der Waals surface area contributed by atoms with Gasteiger partial charge in [0.2, 0.25) is 0 Å². The van der Waals surface area contributed by atoms with Crippen molar-refractivity contribution in [2.75, 3.05) is 32.2 Å². The van der Waals surface area contributed by atoms with Crippen LogP contribution >= 0.6 is 0 Å². The zero-order chi connectivity index (χ0) is 40.3. The molecule has 11 heteroatoms. The van der Waals surface area contributed by atoms with Gasteiger partial charge in [-0.2, -0.15) is 0 Å². The summed E-state index contributed by atoms with van der Waals surface area (Å²) < 4.78 is 26.5. The highest BCUT2D eigenvalue weighted by Crippen LogP contribution is 2.38. The fourth-order valence-corrected chi connectivity index (χ4v) is 7.61. The highest BCUT2D eigenvalue weighted by molar-refractivity contribution is 5.89. The van der Waals surface area contributed by atoms with Gasteiger partial charge in [-0.3, -0.25) is 9.13 Å². The molecule has 2 aromatic heterocycles. The Hall–Kier alpha value is -6.23. The van der Waals surface area contributed by atoms with Crippen LogP contribution in [0.25, 0.3) is 16.7 Å². The van der Waals surface area contributed by atoms with Gasteiger partial charge in [-0.1, -0.05) is 56.3 Å². The van der Waals surface area contributed by atoms with Gasteiger partial charge in [-0.05, 0) is 110 Å². The standard InChI is InChI=1S/C46H51N5O6/c1-45(2,3)57-44(53)49-30-35(27-46(4,5)31-49)50-40-25-26-47-42(41(40)51(43(50)52)34-17-23-39(24-18-34)56-38-11-9-8-10-12-38)48(28-32-13-19-36(54-6)20-14-32)29-33-15-21-37(55-7)22-16-33/h8-26,35H,27-31H2,1-7H3. The maximum Gasteiger partial charge on any atom is 0.410 e. The van der Waals surface area contributed by atoms with Crippen LogP contribution in [-0.2, 0) is 17.8 Å². The normalized spacial score (nSPS) is 15.3. The van der Waals surface area contributed by atoms with Crippen LogP contribution in [0.2, 0.25) is 0 Å². The van der Waals surface area contributed by atoms with E-state index in [-0.39, 0.29) is 17.1 Å². The van der Waals surface area contributed by atoms with E-state index in [1.807, 2.05) is 135 Å².